The summed E-state index contributed by atoms with van der Waals surface area (Å²) in [6.45, 7) is 7.20. The maximum Gasteiger partial charge on any atom is 0.0386 e. The zero-order chi connectivity index (χ0) is 14.7. The van der Waals surface area contributed by atoms with Gasteiger partial charge in [0.1, 0.15) is 0 Å². The van der Waals surface area contributed by atoms with Gasteiger partial charge in [0.25, 0.3) is 0 Å². The lowest BCUT2D eigenvalue weighted by Gasteiger charge is -2.33. The zero-order valence-electron chi connectivity index (χ0n) is 13.6. The number of hydrogen-bond donors (Lipinski definition) is 1. The Hall–Kier alpha value is -1.18. The molecule has 0 spiro atoms. The average molecular weight is 286 g/mol. The Kier molecular flexibility index (Phi) is 4.72. The molecule has 2 aliphatic rings. The molecule has 1 N–H and O–H groups in total. The Labute approximate surface area is 129 Å². The van der Waals surface area contributed by atoms with Gasteiger partial charge >= 0.3 is 0 Å². The predicted octanol–water partition coefficient (Wildman–Crippen LogP) is 4.91. The summed E-state index contributed by atoms with van der Waals surface area (Å²) in [5.74, 6) is 1.73. The van der Waals surface area contributed by atoms with E-state index in [1.807, 2.05) is 0 Å². The number of benzene rings is 1. The third kappa shape index (κ3) is 3.72. The lowest BCUT2D eigenvalue weighted by Crippen LogP contribution is -2.29. The van der Waals surface area contributed by atoms with Crippen molar-refractivity contribution in [2.45, 2.75) is 58.4 Å². The zero-order valence-corrected chi connectivity index (χ0v) is 13.6. The van der Waals surface area contributed by atoms with Crippen LogP contribution in [0.5, 0.6) is 0 Å². The van der Waals surface area contributed by atoms with Crippen LogP contribution in [0.4, 0.5) is 11.4 Å². The molecule has 116 valence electrons. The monoisotopic (exact) mass is 286 g/mol. The van der Waals surface area contributed by atoms with Crippen molar-refractivity contribution >= 4 is 11.4 Å². The van der Waals surface area contributed by atoms with Crippen LogP contribution in [0.1, 0.15) is 52.4 Å². The molecule has 3 rings (SSSR count). The van der Waals surface area contributed by atoms with E-state index in [0.29, 0.717) is 6.04 Å². The molecule has 1 aromatic rings. The molecule has 2 atom stereocenters. The molecular weight excluding hydrogens is 256 g/mol. The Morgan fingerprint density at radius 3 is 2.67 bits per heavy atom. The van der Waals surface area contributed by atoms with E-state index in [2.05, 4.69) is 48.3 Å². The van der Waals surface area contributed by atoms with Gasteiger partial charge in [0.15, 0.2) is 0 Å². The molecule has 21 heavy (non-hydrogen) atoms. The Bertz CT molecular complexity index is 449. The van der Waals surface area contributed by atoms with Gasteiger partial charge < -0.3 is 10.2 Å². The van der Waals surface area contributed by atoms with E-state index in [-0.39, 0.29) is 0 Å². The molecule has 1 aromatic carbocycles. The Morgan fingerprint density at radius 2 is 1.90 bits per heavy atom. The van der Waals surface area contributed by atoms with Gasteiger partial charge in [-0.15, -0.1) is 0 Å². The molecule has 2 fully saturated rings. The number of nitrogens with zero attached hydrogens (tertiary/aromatic N) is 1. The Balaban J connectivity index is 1.63. The van der Waals surface area contributed by atoms with Crippen molar-refractivity contribution in [3.8, 4) is 0 Å². The average Bonchev–Trinajstić information content (AvgIpc) is 3.02. The molecule has 0 amide bonds. The van der Waals surface area contributed by atoms with Crippen LogP contribution in [0, 0.1) is 11.8 Å². The molecule has 2 heteroatoms. The summed E-state index contributed by atoms with van der Waals surface area (Å²) in [5, 5.41) is 3.80. The second-order valence-electron chi connectivity index (χ2n) is 7.26. The normalized spacial score (nSPS) is 26.3. The van der Waals surface area contributed by atoms with Gasteiger partial charge in [-0.3, -0.25) is 0 Å². The van der Waals surface area contributed by atoms with E-state index in [1.165, 1.54) is 63.0 Å². The van der Waals surface area contributed by atoms with Gasteiger partial charge in [-0.25, -0.2) is 0 Å². The smallest absolute Gasteiger partial charge is 0.0386 e. The largest absolute Gasteiger partial charge is 0.382 e. The fourth-order valence-electron chi connectivity index (χ4n) is 3.97. The van der Waals surface area contributed by atoms with Gasteiger partial charge in [0.05, 0.1) is 0 Å². The molecule has 1 heterocycles. The topological polar surface area (TPSA) is 15.3 Å². The molecule has 1 aliphatic carbocycles. The van der Waals surface area contributed by atoms with Gasteiger partial charge in [0.2, 0.25) is 0 Å². The maximum atomic E-state index is 3.80. The molecule has 0 radical (unpaired) electrons. The summed E-state index contributed by atoms with van der Waals surface area (Å²) >= 11 is 0. The molecular formula is C19H30N2. The fourth-order valence-corrected chi connectivity index (χ4v) is 3.97. The molecule has 1 saturated heterocycles. The first kappa shape index (κ1) is 14.7. The van der Waals surface area contributed by atoms with Gasteiger partial charge in [-0.05, 0) is 55.7 Å². The van der Waals surface area contributed by atoms with Crippen LogP contribution in [-0.2, 0) is 0 Å². The lowest BCUT2D eigenvalue weighted by atomic mass is 9.79. The van der Waals surface area contributed by atoms with Crippen LogP contribution < -0.4 is 10.2 Å². The number of nitrogens with one attached hydrogen (secondary N) is 1. The number of hydrogen-bond acceptors (Lipinski definition) is 2. The highest BCUT2D eigenvalue weighted by atomic mass is 15.1. The number of rotatable bonds is 4. The van der Waals surface area contributed by atoms with Crippen LogP contribution in [0.15, 0.2) is 24.3 Å². The minimum absolute atomic E-state index is 0.667. The fraction of sp³-hybridized carbons (Fsp3) is 0.684. The van der Waals surface area contributed by atoms with Crippen molar-refractivity contribution in [3.63, 3.8) is 0 Å². The van der Waals surface area contributed by atoms with Crippen LogP contribution >= 0.6 is 0 Å². The minimum atomic E-state index is 0.667. The summed E-state index contributed by atoms with van der Waals surface area (Å²) in [6, 6.07) is 9.72. The third-order valence-electron chi connectivity index (χ3n) is 5.35. The maximum absolute atomic E-state index is 3.80. The summed E-state index contributed by atoms with van der Waals surface area (Å²) in [5.41, 5.74) is 2.71. The van der Waals surface area contributed by atoms with E-state index in [9.17, 15) is 0 Å². The van der Waals surface area contributed by atoms with Crippen LogP contribution in [-0.4, -0.2) is 19.1 Å². The third-order valence-corrected chi connectivity index (χ3v) is 5.35. The molecule has 2 unspecified atom stereocenters. The molecule has 0 bridgehead atoms. The first-order chi connectivity index (χ1) is 10.2. The quantitative estimate of drug-likeness (QED) is 0.845. The van der Waals surface area contributed by atoms with Crippen LogP contribution in [0.3, 0.4) is 0 Å². The van der Waals surface area contributed by atoms with Crippen LogP contribution in [0.2, 0.25) is 0 Å². The van der Waals surface area contributed by atoms with Crippen molar-refractivity contribution in [2.75, 3.05) is 23.3 Å². The van der Waals surface area contributed by atoms with Gasteiger partial charge in [0, 0.05) is 30.5 Å². The van der Waals surface area contributed by atoms with Crippen LogP contribution in [0.25, 0.3) is 0 Å². The summed E-state index contributed by atoms with van der Waals surface area (Å²) in [4.78, 5) is 2.52. The molecule has 1 saturated carbocycles. The van der Waals surface area contributed by atoms with Crippen molar-refractivity contribution in [3.05, 3.63) is 24.3 Å². The van der Waals surface area contributed by atoms with Crippen molar-refractivity contribution < 1.29 is 0 Å². The van der Waals surface area contributed by atoms with E-state index < -0.39 is 0 Å². The van der Waals surface area contributed by atoms with E-state index in [1.54, 1.807) is 0 Å². The lowest BCUT2D eigenvalue weighted by molar-refractivity contribution is 0.264. The summed E-state index contributed by atoms with van der Waals surface area (Å²) < 4.78 is 0. The van der Waals surface area contributed by atoms with E-state index >= 15 is 0 Å². The summed E-state index contributed by atoms with van der Waals surface area (Å²) in [6.07, 6.45) is 8.16. The second-order valence-corrected chi connectivity index (χ2v) is 7.26. The molecule has 0 aromatic heterocycles. The molecule has 1 aliphatic heterocycles. The Morgan fingerprint density at radius 1 is 1.10 bits per heavy atom. The van der Waals surface area contributed by atoms with E-state index in [4.69, 9.17) is 0 Å². The van der Waals surface area contributed by atoms with E-state index in [0.717, 1.165) is 11.8 Å². The first-order valence-corrected chi connectivity index (χ1v) is 8.84. The van der Waals surface area contributed by atoms with Gasteiger partial charge in [-0.2, -0.15) is 0 Å². The van der Waals surface area contributed by atoms with Crippen molar-refractivity contribution in [1.82, 2.24) is 0 Å². The van der Waals surface area contributed by atoms with Crippen molar-refractivity contribution in [2.24, 2.45) is 11.8 Å². The first-order valence-electron chi connectivity index (χ1n) is 8.84. The minimum Gasteiger partial charge on any atom is -0.382 e. The highest BCUT2D eigenvalue weighted by molar-refractivity contribution is 5.58. The second kappa shape index (κ2) is 6.72. The number of anilines is 2. The highest BCUT2D eigenvalue weighted by Crippen LogP contribution is 2.32. The SMILES string of the molecule is CC(C)C1CCCC(Nc2cccc(N3CCCC3)c2)C1. The van der Waals surface area contributed by atoms with Gasteiger partial charge in [-0.1, -0.05) is 32.8 Å². The predicted molar refractivity (Wildman–Crippen MR) is 92.1 cm³/mol. The molecule has 2 nitrogen and oxygen atoms in total. The standard InChI is InChI=1S/C19H30N2/c1-15(2)16-7-5-8-17(13-16)20-18-9-6-10-19(14-18)21-11-3-4-12-21/h6,9-10,14-17,20H,3-5,7-8,11-13H2,1-2H3. The summed E-state index contributed by atoms with van der Waals surface area (Å²) in [7, 11) is 0. The highest BCUT2D eigenvalue weighted by Gasteiger charge is 2.24. The van der Waals surface area contributed by atoms with Crippen molar-refractivity contribution in [1.29, 1.82) is 0 Å².